The van der Waals surface area contributed by atoms with Crippen LogP contribution in [0.4, 0.5) is 0 Å². The number of nitrogens with one attached hydrogen (secondary N) is 1. The number of aromatic nitrogens is 2. The summed E-state index contributed by atoms with van der Waals surface area (Å²) in [6.45, 7) is 0. The molecule has 1 unspecified atom stereocenters. The van der Waals surface area contributed by atoms with Crippen LogP contribution >= 0.6 is 0 Å². The van der Waals surface area contributed by atoms with Gasteiger partial charge in [0.15, 0.2) is 5.75 Å². The lowest BCUT2D eigenvalue weighted by molar-refractivity contribution is 0.371. The molecule has 0 aliphatic rings. The van der Waals surface area contributed by atoms with Crippen molar-refractivity contribution in [3.05, 3.63) is 35.7 Å². The highest BCUT2D eigenvalue weighted by Crippen LogP contribution is 2.39. The molecule has 1 N–H and O–H groups in total. The maximum Gasteiger partial charge on any atom is 0.161 e. The van der Waals surface area contributed by atoms with E-state index in [1.807, 2.05) is 32.3 Å². The Hall–Kier alpha value is -2.21. The highest BCUT2D eigenvalue weighted by molar-refractivity contribution is 5.51. The predicted molar refractivity (Wildman–Crippen MR) is 80.2 cm³/mol. The number of ether oxygens (including phenoxy) is 3. The van der Waals surface area contributed by atoms with Crippen LogP contribution in [-0.2, 0) is 7.05 Å². The van der Waals surface area contributed by atoms with E-state index in [0.29, 0.717) is 5.75 Å². The topological polar surface area (TPSA) is 57.5 Å². The maximum absolute atomic E-state index is 5.49. The number of benzene rings is 1. The second kappa shape index (κ2) is 6.49. The first-order valence-corrected chi connectivity index (χ1v) is 6.61. The van der Waals surface area contributed by atoms with Crippen LogP contribution in [0.25, 0.3) is 0 Å². The number of hydrogen-bond acceptors (Lipinski definition) is 5. The van der Waals surface area contributed by atoms with E-state index in [0.717, 1.165) is 22.8 Å². The molecular formula is C15H21N3O3. The van der Waals surface area contributed by atoms with Crippen LogP contribution in [0.2, 0.25) is 0 Å². The van der Waals surface area contributed by atoms with Gasteiger partial charge >= 0.3 is 0 Å². The molecule has 2 aromatic rings. The minimum Gasteiger partial charge on any atom is -0.496 e. The Morgan fingerprint density at radius 2 is 1.62 bits per heavy atom. The second-order valence-electron chi connectivity index (χ2n) is 4.52. The second-order valence-corrected chi connectivity index (χ2v) is 4.52. The summed E-state index contributed by atoms with van der Waals surface area (Å²) < 4.78 is 18.2. The lowest BCUT2D eigenvalue weighted by atomic mass is 10.0. The average Bonchev–Trinajstić information content (AvgIpc) is 2.89. The quantitative estimate of drug-likeness (QED) is 0.879. The third-order valence-electron chi connectivity index (χ3n) is 3.49. The van der Waals surface area contributed by atoms with E-state index in [-0.39, 0.29) is 6.04 Å². The number of methoxy groups -OCH3 is 3. The van der Waals surface area contributed by atoms with E-state index in [1.165, 1.54) is 0 Å². The first-order chi connectivity index (χ1) is 10.2. The summed E-state index contributed by atoms with van der Waals surface area (Å²) in [7, 11) is 8.68. The molecule has 1 atom stereocenters. The van der Waals surface area contributed by atoms with Gasteiger partial charge in [0, 0.05) is 7.05 Å². The van der Waals surface area contributed by atoms with Gasteiger partial charge in [0.1, 0.15) is 17.2 Å². The fourth-order valence-corrected chi connectivity index (χ4v) is 2.50. The maximum atomic E-state index is 5.49. The molecule has 0 saturated carbocycles. The SMILES string of the molecule is CNC(c1c(OC)cccc1OC)c1c(OC)cnn1C. The number of aryl methyl sites for hydroxylation is 1. The fourth-order valence-electron chi connectivity index (χ4n) is 2.50. The largest absolute Gasteiger partial charge is 0.496 e. The number of hydrogen-bond donors (Lipinski definition) is 1. The molecule has 1 aromatic carbocycles. The molecule has 0 aliphatic heterocycles. The van der Waals surface area contributed by atoms with Crippen LogP contribution in [0.3, 0.4) is 0 Å². The Balaban J connectivity index is 2.64. The Kier molecular flexibility index (Phi) is 4.70. The van der Waals surface area contributed by atoms with Crippen LogP contribution in [-0.4, -0.2) is 38.2 Å². The van der Waals surface area contributed by atoms with Crippen LogP contribution in [0, 0.1) is 0 Å². The smallest absolute Gasteiger partial charge is 0.161 e. The van der Waals surface area contributed by atoms with Gasteiger partial charge in [0.2, 0.25) is 0 Å². The van der Waals surface area contributed by atoms with Gasteiger partial charge in [-0.15, -0.1) is 0 Å². The standard InChI is InChI=1S/C15H21N3O3/c1-16-14(15-12(21-5)9-17-18(15)2)13-10(19-3)7-6-8-11(13)20-4/h6-9,14,16H,1-5H3. The Morgan fingerprint density at radius 1 is 1.05 bits per heavy atom. The van der Waals surface area contributed by atoms with Gasteiger partial charge in [-0.1, -0.05) is 6.07 Å². The van der Waals surface area contributed by atoms with Gasteiger partial charge < -0.3 is 19.5 Å². The van der Waals surface area contributed by atoms with E-state index in [2.05, 4.69) is 10.4 Å². The summed E-state index contributed by atoms with van der Waals surface area (Å²) in [4.78, 5) is 0. The predicted octanol–water partition coefficient (Wildman–Crippen LogP) is 1.75. The average molecular weight is 291 g/mol. The van der Waals surface area contributed by atoms with Crippen LogP contribution in [0.15, 0.2) is 24.4 Å². The van der Waals surface area contributed by atoms with Crippen molar-refractivity contribution in [3.8, 4) is 17.2 Å². The molecule has 0 saturated heterocycles. The van der Waals surface area contributed by atoms with Gasteiger partial charge in [-0.3, -0.25) is 4.68 Å². The molecule has 2 rings (SSSR count). The lowest BCUT2D eigenvalue weighted by Gasteiger charge is -2.22. The first-order valence-electron chi connectivity index (χ1n) is 6.61. The summed E-state index contributed by atoms with van der Waals surface area (Å²) in [5.74, 6) is 2.21. The van der Waals surface area contributed by atoms with Crippen molar-refractivity contribution in [3.63, 3.8) is 0 Å². The van der Waals surface area contributed by atoms with Gasteiger partial charge in [-0.25, -0.2) is 0 Å². The molecule has 1 heterocycles. The Morgan fingerprint density at radius 3 is 2.10 bits per heavy atom. The molecule has 0 bridgehead atoms. The molecule has 0 radical (unpaired) electrons. The molecule has 0 aliphatic carbocycles. The van der Waals surface area contributed by atoms with E-state index < -0.39 is 0 Å². The van der Waals surface area contributed by atoms with Crippen LogP contribution in [0.1, 0.15) is 17.3 Å². The van der Waals surface area contributed by atoms with Gasteiger partial charge in [-0.2, -0.15) is 5.10 Å². The van der Waals surface area contributed by atoms with E-state index in [9.17, 15) is 0 Å². The van der Waals surface area contributed by atoms with Crippen molar-refractivity contribution in [2.24, 2.45) is 7.05 Å². The molecule has 114 valence electrons. The van der Waals surface area contributed by atoms with E-state index in [4.69, 9.17) is 14.2 Å². The molecule has 0 fully saturated rings. The van der Waals surface area contributed by atoms with Gasteiger partial charge in [0.05, 0.1) is 39.1 Å². The molecule has 0 amide bonds. The van der Waals surface area contributed by atoms with Crippen molar-refractivity contribution in [1.82, 2.24) is 15.1 Å². The summed E-state index contributed by atoms with van der Waals surface area (Å²) >= 11 is 0. The van der Waals surface area contributed by atoms with Crippen molar-refractivity contribution in [2.45, 2.75) is 6.04 Å². The minimum atomic E-state index is -0.168. The van der Waals surface area contributed by atoms with E-state index >= 15 is 0 Å². The van der Waals surface area contributed by atoms with Crippen molar-refractivity contribution < 1.29 is 14.2 Å². The zero-order chi connectivity index (χ0) is 15.4. The van der Waals surface area contributed by atoms with Crippen molar-refractivity contribution >= 4 is 0 Å². The normalized spacial score (nSPS) is 12.0. The molecule has 0 spiro atoms. The summed E-state index contributed by atoms with van der Waals surface area (Å²) in [6.07, 6.45) is 1.70. The highest BCUT2D eigenvalue weighted by Gasteiger charge is 2.27. The zero-order valence-corrected chi connectivity index (χ0v) is 13.0. The zero-order valence-electron chi connectivity index (χ0n) is 13.0. The van der Waals surface area contributed by atoms with Crippen molar-refractivity contribution in [1.29, 1.82) is 0 Å². The number of rotatable bonds is 6. The summed E-state index contributed by atoms with van der Waals surface area (Å²) in [6, 6.07) is 5.54. The molecule has 6 nitrogen and oxygen atoms in total. The monoisotopic (exact) mass is 291 g/mol. The molecule has 21 heavy (non-hydrogen) atoms. The van der Waals surface area contributed by atoms with Crippen LogP contribution in [0.5, 0.6) is 17.2 Å². The third kappa shape index (κ3) is 2.67. The van der Waals surface area contributed by atoms with Crippen LogP contribution < -0.4 is 19.5 Å². The lowest BCUT2D eigenvalue weighted by Crippen LogP contribution is -2.22. The van der Waals surface area contributed by atoms with Gasteiger partial charge in [-0.05, 0) is 19.2 Å². The molecule has 1 aromatic heterocycles. The third-order valence-corrected chi connectivity index (χ3v) is 3.49. The molecular weight excluding hydrogens is 270 g/mol. The minimum absolute atomic E-state index is 0.168. The number of nitrogens with zero attached hydrogens (tertiary/aromatic N) is 2. The highest BCUT2D eigenvalue weighted by atomic mass is 16.5. The first kappa shape index (κ1) is 15.2. The molecule has 6 heteroatoms. The Bertz CT molecular complexity index is 588. The Labute approximate surface area is 124 Å². The van der Waals surface area contributed by atoms with Crippen molar-refractivity contribution in [2.75, 3.05) is 28.4 Å². The van der Waals surface area contributed by atoms with Gasteiger partial charge in [0.25, 0.3) is 0 Å². The summed E-state index contributed by atoms with van der Waals surface area (Å²) in [5.41, 5.74) is 1.81. The summed E-state index contributed by atoms with van der Waals surface area (Å²) in [5, 5.41) is 7.55. The fraction of sp³-hybridized carbons (Fsp3) is 0.400. The van der Waals surface area contributed by atoms with E-state index in [1.54, 1.807) is 32.2 Å².